The van der Waals surface area contributed by atoms with Crippen LogP contribution in [-0.4, -0.2) is 33.8 Å². The normalized spacial score (nSPS) is 12.7. The first-order valence-electron chi connectivity index (χ1n) is 6.08. The van der Waals surface area contributed by atoms with Gasteiger partial charge >= 0.3 is 5.97 Å². The first-order valence-corrected chi connectivity index (χ1v) is 6.08. The number of nitrogens with zero attached hydrogens (tertiary/aromatic N) is 1. The van der Waals surface area contributed by atoms with Crippen molar-refractivity contribution in [3.63, 3.8) is 0 Å². The van der Waals surface area contributed by atoms with E-state index in [1.165, 1.54) is 6.07 Å². The van der Waals surface area contributed by atoms with Crippen molar-refractivity contribution >= 4 is 5.97 Å². The van der Waals surface area contributed by atoms with Crippen LogP contribution in [0.1, 0.15) is 36.5 Å². The van der Waals surface area contributed by atoms with E-state index in [0.29, 0.717) is 24.6 Å². The van der Waals surface area contributed by atoms with Gasteiger partial charge in [-0.25, -0.2) is 9.78 Å². The van der Waals surface area contributed by atoms with Crippen LogP contribution in [-0.2, 0) is 6.54 Å². The topological polar surface area (TPSA) is 82.5 Å². The lowest BCUT2D eigenvalue weighted by atomic mass is 10.0. The predicted octanol–water partition coefficient (Wildman–Crippen LogP) is 1.28. The zero-order valence-electron chi connectivity index (χ0n) is 10.8. The van der Waals surface area contributed by atoms with Crippen LogP contribution >= 0.6 is 0 Å². The van der Waals surface area contributed by atoms with Crippen molar-refractivity contribution in [2.45, 2.75) is 32.9 Å². The van der Waals surface area contributed by atoms with E-state index >= 15 is 0 Å². The van der Waals surface area contributed by atoms with Crippen molar-refractivity contribution in [1.29, 1.82) is 0 Å². The van der Waals surface area contributed by atoms with E-state index in [0.717, 1.165) is 0 Å². The van der Waals surface area contributed by atoms with Gasteiger partial charge in [0, 0.05) is 19.2 Å². The molecule has 5 nitrogen and oxygen atoms in total. The molecule has 0 aromatic carbocycles. The van der Waals surface area contributed by atoms with Crippen molar-refractivity contribution in [3.05, 3.63) is 29.6 Å². The SMILES string of the molecule is CC(C)C(CCO)NCc1cccc(C(=O)O)n1. The third kappa shape index (κ3) is 4.43. The predicted molar refractivity (Wildman–Crippen MR) is 68.4 cm³/mol. The number of aliphatic hydroxyl groups is 1. The van der Waals surface area contributed by atoms with E-state index in [1.807, 2.05) is 0 Å². The standard InChI is InChI=1S/C13H20N2O3/c1-9(2)11(6-7-16)14-8-10-4-3-5-12(15-10)13(17)18/h3-5,9,11,14,16H,6-8H2,1-2H3,(H,17,18). The molecule has 3 N–H and O–H groups in total. The van der Waals surface area contributed by atoms with Crippen LogP contribution in [0.2, 0.25) is 0 Å². The molecule has 0 spiro atoms. The molecular formula is C13H20N2O3. The van der Waals surface area contributed by atoms with Gasteiger partial charge in [0.2, 0.25) is 0 Å². The second-order valence-corrected chi connectivity index (χ2v) is 4.56. The monoisotopic (exact) mass is 252 g/mol. The summed E-state index contributed by atoms with van der Waals surface area (Å²) in [5.74, 6) is -0.618. The first-order chi connectivity index (χ1) is 8.54. The van der Waals surface area contributed by atoms with Gasteiger partial charge in [-0.1, -0.05) is 19.9 Å². The second-order valence-electron chi connectivity index (χ2n) is 4.56. The highest BCUT2D eigenvalue weighted by Gasteiger charge is 2.12. The maximum absolute atomic E-state index is 10.8. The minimum Gasteiger partial charge on any atom is -0.477 e. The number of carbonyl (C=O) groups is 1. The molecule has 1 rings (SSSR count). The van der Waals surface area contributed by atoms with Crippen LogP contribution in [0.15, 0.2) is 18.2 Å². The van der Waals surface area contributed by atoms with Gasteiger partial charge in [-0.2, -0.15) is 0 Å². The van der Waals surface area contributed by atoms with Gasteiger partial charge in [-0.05, 0) is 24.5 Å². The van der Waals surface area contributed by atoms with Crippen molar-refractivity contribution in [1.82, 2.24) is 10.3 Å². The van der Waals surface area contributed by atoms with Crippen LogP contribution in [0.4, 0.5) is 0 Å². The number of hydrogen-bond acceptors (Lipinski definition) is 4. The Morgan fingerprint density at radius 1 is 1.44 bits per heavy atom. The molecule has 1 atom stereocenters. The number of aromatic nitrogens is 1. The van der Waals surface area contributed by atoms with Crippen LogP contribution < -0.4 is 5.32 Å². The Morgan fingerprint density at radius 3 is 2.72 bits per heavy atom. The van der Waals surface area contributed by atoms with E-state index in [-0.39, 0.29) is 18.3 Å². The number of hydrogen-bond donors (Lipinski definition) is 3. The van der Waals surface area contributed by atoms with Crippen molar-refractivity contribution in [3.8, 4) is 0 Å². The average Bonchev–Trinajstić information content (AvgIpc) is 2.34. The molecule has 0 bridgehead atoms. The smallest absolute Gasteiger partial charge is 0.354 e. The maximum atomic E-state index is 10.8. The molecule has 0 aliphatic heterocycles. The van der Waals surface area contributed by atoms with Crippen LogP contribution in [0.3, 0.4) is 0 Å². The zero-order valence-corrected chi connectivity index (χ0v) is 10.8. The number of carboxylic acid groups (broad SMARTS) is 1. The number of aromatic carboxylic acids is 1. The summed E-state index contributed by atoms with van der Waals surface area (Å²) in [6.07, 6.45) is 0.677. The van der Waals surface area contributed by atoms with Crippen molar-refractivity contribution in [2.75, 3.05) is 6.61 Å². The number of nitrogens with one attached hydrogen (secondary N) is 1. The Morgan fingerprint density at radius 2 is 2.17 bits per heavy atom. The van der Waals surface area contributed by atoms with E-state index in [4.69, 9.17) is 10.2 Å². The van der Waals surface area contributed by atoms with Crippen LogP contribution in [0.5, 0.6) is 0 Å². The fourth-order valence-electron chi connectivity index (χ4n) is 1.74. The molecule has 1 aromatic heterocycles. The molecule has 1 unspecified atom stereocenters. The van der Waals surface area contributed by atoms with Crippen molar-refractivity contribution in [2.24, 2.45) is 5.92 Å². The van der Waals surface area contributed by atoms with E-state index in [1.54, 1.807) is 12.1 Å². The largest absolute Gasteiger partial charge is 0.477 e. The summed E-state index contributed by atoms with van der Waals surface area (Å²) in [5.41, 5.74) is 0.746. The lowest BCUT2D eigenvalue weighted by Crippen LogP contribution is -2.34. The minimum absolute atomic E-state index is 0.0533. The minimum atomic E-state index is -1.02. The Balaban J connectivity index is 2.61. The molecule has 0 radical (unpaired) electrons. The third-order valence-corrected chi connectivity index (χ3v) is 2.82. The number of pyridine rings is 1. The summed E-state index contributed by atoms with van der Waals surface area (Å²) in [6, 6.07) is 5.14. The molecule has 0 aliphatic rings. The Labute approximate surface area is 107 Å². The average molecular weight is 252 g/mol. The molecule has 0 aliphatic carbocycles. The zero-order chi connectivity index (χ0) is 13.5. The highest BCUT2D eigenvalue weighted by atomic mass is 16.4. The van der Waals surface area contributed by atoms with Gasteiger partial charge in [-0.15, -0.1) is 0 Å². The molecule has 5 heteroatoms. The molecule has 1 heterocycles. The number of rotatable bonds is 7. The summed E-state index contributed by atoms with van der Waals surface area (Å²) < 4.78 is 0. The summed E-state index contributed by atoms with van der Waals surface area (Å²) in [7, 11) is 0. The maximum Gasteiger partial charge on any atom is 0.354 e. The van der Waals surface area contributed by atoms with Gasteiger partial charge in [0.1, 0.15) is 5.69 Å². The second kappa shape index (κ2) is 7.08. The van der Waals surface area contributed by atoms with Gasteiger partial charge < -0.3 is 15.5 Å². The molecule has 0 amide bonds. The quantitative estimate of drug-likeness (QED) is 0.681. The number of aliphatic hydroxyl groups excluding tert-OH is 1. The third-order valence-electron chi connectivity index (χ3n) is 2.82. The molecule has 100 valence electrons. The molecular weight excluding hydrogens is 232 g/mol. The Hall–Kier alpha value is -1.46. The van der Waals surface area contributed by atoms with Crippen LogP contribution in [0.25, 0.3) is 0 Å². The molecule has 1 aromatic rings. The van der Waals surface area contributed by atoms with Gasteiger partial charge in [0.25, 0.3) is 0 Å². The lowest BCUT2D eigenvalue weighted by molar-refractivity contribution is 0.0690. The Bertz CT molecular complexity index is 394. The van der Waals surface area contributed by atoms with E-state index < -0.39 is 5.97 Å². The molecule has 18 heavy (non-hydrogen) atoms. The fraction of sp³-hybridized carbons (Fsp3) is 0.538. The van der Waals surface area contributed by atoms with Crippen LogP contribution in [0, 0.1) is 5.92 Å². The number of carboxylic acids is 1. The molecule has 0 fully saturated rings. The van der Waals surface area contributed by atoms with Gasteiger partial charge in [0.05, 0.1) is 5.69 Å². The first kappa shape index (κ1) is 14.6. The van der Waals surface area contributed by atoms with E-state index in [2.05, 4.69) is 24.1 Å². The van der Waals surface area contributed by atoms with Crippen molar-refractivity contribution < 1.29 is 15.0 Å². The van der Waals surface area contributed by atoms with E-state index in [9.17, 15) is 4.79 Å². The molecule has 0 saturated heterocycles. The summed E-state index contributed by atoms with van der Waals surface area (Å²) >= 11 is 0. The fourth-order valence-corrected chi connectivity index (χ4v) is 1.74. The highest BCUT2D eigenvalue weighted by molar-refractivity contribution is 5.85. The summed E-state index contributed by atoms with van der Waals surface area (Å²) in [4.78, 5) is 14.8. The van der Waals surface area contributed by atoms with Gasteiger partial charge in [0.15, 0.2) is 0 Å². The highest BCUT2D eigenvalue weighted by Crippen LogP contribution is 2.07. The molecule has 0 saturated carbocycles. The summed E-state index contributed by atoms with van der Waals surface area (Å²) in [5, 5.41) is 21.1. The lowest BCUT2D eigenvalue weighted by Gasteiger charge is -2.21. The Kier molecular flexibility index (Phi) is 5.74. The van der Waals surface area contributed by atoms with Gasteiger partial charge in [-0.3, -0.25) is 0 Å². The summed E-state index contributed by atoms with van der Waals surface area (Å²) in [6.45, 7) is 4.80.